The van der Waals surface area contributed by atoms with Gasteiger partial charge in [-0.1, -0.05) is 19.1 Å². The second kappa shape index (κ2) is 9.76. The molecule has 0 unspecified atom stereocenters. The summed E-state index contributed by atoms with van der Waals surface area (Å²) in [4.78, 5) is 24.1. The maximum atomic E-state index is 12.7. The fourth-order valence-corrected chi connectivity index (χ4v) is 2.90. The highest BCUT2D eigenvalue weighted by Gasteiger charge is 2.25. The minimum Gasteiger partial charge on any atom is -0.493 e. The minimum absolute atomic E-state index is 0.00636. The summed E-state index contributed by atoms with van der Waals surface area (Å²) in [5, 5.41) is 19.0. The third-order valence-corrected chi connectivity index (χ3v) is 4.27. The number of carbonyl (C=O) groups excluding carboxylic acids is 2. The number of nitrogen functional groups attached to an aromatic ring is 1. The van der Waals surface area contributed by atoms with Crippen LogP contribution >= 0.6 is 0 Å². The Morgan fingerprint density at radius 1 is 1.21 bits per heavy atom. The van der Waals surface area contributed by atoms with Crippen molar-refractivity contribution in [2.75, 3.05) is 20.0 Å². The summed E-state index contributed by atoms with van der Waals surface area (Å²) in [6.45, 7) is 4.96. The molecule has 3 N–H and O–H groups in total. The van der Waals surface area contributed by atoms with Crippen molar-refractivity contribution in [1.29, 1.82) is 0 Å². The van der Waals surface area contributed by atoms with Crippen molar-refractivity contribution < 1.29 is 28.4 Å². The number of hydrazone groups is 1. The molecular formula is C19H22N8O6. The van der Waals surface area contributed by atoms with Crippen molar-refractivity contribution >= 4 is 23.9 Å². The Morgan fingerprint density at radius 2 is 1.88 bits per heavy atom. The van der Waals surface area contributed by atoms with Gasteiger partial charge in [0, 0.05) is 12.5 Å². The highest BCUT2D eigenvalue weighted by atomic mass is 16.6. The van der Waals surface area contributed by atoms with Crippen LogP contribution in [0, 0.1) is 0 Å². The van der Waals surface area contributed by atoms with Crippen LogP contribution in [0.2, 0.25) is 0 Å². The van der Waals surface area contributed by atoms with Gasteiger partial charge >= 0.3 is 5.97 Å². The molecule has 2 heterocycles. The van der Waals surface area contributed by atoms with E-state index in [4.69, 9.17) is 19.9 Å². The van der Waals surface area contributed by atoms with Gasteiger partial charge in [0.1, 0.15) is 0 Å². The zero-order valence-corrected chi connectivity index (χ0v) is 18.5. The molecule has 33 heavy (non-hydrogen) atoms. The number of methoxy groups -OCH3 is 2. The molecule has 1 aromatic carbocycles. The predicted octanol–water partition coefficient (Wildman–Crippen LogP) is 1.06. The zero-order chi connectivity index (χ0) is 24.1. The summed E-state index contributed by atoms with van der Waals surface area (Å²) >= 11 is 0. The second-order valence-corrected chi connectivity index (χ2v) is 6.91. The van der Waals surface area contributed by atoms with Crippen molar-refractivity contribution in [3.8, 4) is 23.1 Å². The van der Waals surface area contributed by atoms with Gasteiger partial charge in [-0.3, -0.25) is 9.59 Å². The summed E-state index contributed by atoms with van der Waals surface area (Å²) in [5.74, 6) is -0.532. The first-order valence-corrected chi connectivity index (χ1v) is 9.58. The first-order valence-electron chi connectivity index (χ1n) is 9.58. The lowest BCUT2D eigenvalue weighted by atomic mass is 10.1. The summed E-state index contributed by atoms with van der Waals surface area (Å²) < 4.78 is 21.6. The van der Waals surface area contributed by atoms with Crippen molar-refractivity contribution in [2.24, 2.45) is 5.10 Å². The Labute approximate surface area is 187 Å². The van der Waals surface area contributed by atoms with Crippen LogP contribution in [0.15, 0.2) is 21.9 Å². The number of anilines is 1. The molecule has 0 radical (unpaired) electrons. The van der Waals surface area contributed by atoms with Crippen LogP contribution in [0.3, 0.4) is 0 Å². The summed E-state index contributed by atoms with van der Waals surface area (Å²) in [5.41, 5.74) is 9.11. The molecule has 2 aromatic heterocycles. The monoisotopic (exact) mass is 458 g/mol. The first-order chi connectivity index (χ1) is 15.8. The number of nitrogens with one attached hydrogen (secondary N) is 1. The molecule has 1 amide bonds. The molecule has 0 aliphatic rings. The second-order valence-electron chi connectivity index (χ2n) is 6.91. The number of carbonyl (C=O) groups is 2. The molecule has 14 heteroatoms. The van der Waals surface area contributed by atoms with Crippen LogP contribution in [-0.4, -0.2) is 57.6 Å². The van der Waals surface area contributed by atoms with E-state index < -0.39 is 11.9 Å². The molecule has 14 nitrogen and oxygen atoms in total. The van der Waals surface area contributed by atoms with Crippen molar-refractivity contribution in [2.45, 2.75) is 26.7 Å². The lowest BCUT2D eigenvalue weighted by Crippen LogP contribution is -2.21. The number of benzene rings is 1. The molecule has 174 valence electrons. The van der Waals surface area contributed by atoms with Crippen LogP contribution in [0.25, 0.3) is 5.82 Å². The van der Waals surface area contributed by atoms with E-state index in [2.05, 4.69) is 35.8 Å². The van der Waals surface area contributed by atoms with Crippen LogP contribution < -0.4 is 25.4 Å². The van der Waals surface area contributed by atoms with E-state index in [1.54, 1.807) is 12.1 Å². The molecule has 3 rings (SSSR count). The number of nitrogens with zero attached hydrogens (tertiary/aromatic N) is 6. The van der Waals surface area contributed by atoms with Gasteiger partial charge in [0.2, 0.25) is 17.4 Å². The van der Waals surface area contributed by atoms with E-state index in [-0.39, 0.29) is 40.5 Å². The lowest BCUT2D eigenvalue weighted by molar-refractivity contribution is -0.132. The Morgan fingerprint density at radius 3 is 2.39 bits per heavy atom. The van der Waals surface area contributed by atoms with E-state index in [1.165, 1.54) is 32.0 Å². The number of hydrogen-bond acceptors (Lipinski definition) is 12. The fourth-order valence-electron chi connectivity index (χ4n) is 2.90. The largest absolute Gasteiger partial charge is 0.493 e. The number of esters is 1. The maximum Gasteiger partial charge on any atom is 0.308 e. The molecule has 0 aliphatic carbocycles. The van der Waals surface area contributed by atoms with E-state index in [1.807, 2.05) is 13.8 Å². The zero-order valence-electron chi connectivity index (χ0n) is 18.5. The molecule has 0 bridgehead atoms. The van der Waals surface area contributed by atoms with Gasteiger partial charge in [0.15, 0.2) is 17.2 Å². The van der Waals surface area contributed by atoms with Crippen molar-refractivity contribution in [3.63, 3.8) is 0 Å². The maximum absolute atomic E-state index is 12.7. The SMILES string of the molecule is COc1cc(/C=N/NC(=O)c2nnn(-c3nonc3N)c2C(C)C)cc(OC)c1OC(C)=O. The number of aromatic nitrogens is 5. The topological polar surface area (TPSA) is 182 Å². The van der Waals surface area contributed by atoms with Crippen LogP contribution in [0.5, 0.6) is 17.2 Å². The van der Waals surface area contributed by atoms with E-state index in [9.17, 15) is 9.59 Å². The molecule has 0 aliphatic heterocycles. The fraction of sp³-hybridized carbons (Fsp3) is 0.316. The Kier molecular flexibility index (Phi) is 6.85. The van der Waals surface area contributed by atoms with Gasteiger partial charge in [-0.15, -0.1) is 5.10 Å². The average molecular weight is 458 g/mol. The van der Waals surface area contributed by atoms with Gasteiger partial charge in [-0.2, -0.15) is 9.78 Å². The van der Waals surface area contributed by atoms with Crippen molar-refractivity contribution in [1.82, 2.24) is 30.7 Å². The van der Waals surface area contributed by atoms with Crippen LogP contribution in [-0.2, 0) is 4.79 Å². The Bertz CT molecular complexity index is 1170. The number of nitrogens with two attached hydrogens (primary N) is 1. The molecule has 0 spiro atoms. The molecule has 0 saturated carbocycles. The predicted molar refractivity (Wildman–Crippen MR) is 114 cm³/mol. The minimum atomic E-state index is -0.605. The van der Waals surface area contributed by atoms with Crippen LogP contribution in [0.1, 0.15) is 48.4 Å². The van der Waals surface area contributed by atoms with Gasteiger partial charge in [0.05, 0.1) is 26.1 Å². The number of ether oxygens (including phenoxy) is 3. The third kappa shape index (κ3) is 4.89. The average Bonchev–Trinajstić information content (AvgIpc) is 3.39. The van der Waals surface area contributed by atoms with Gasteiger partial charge in [-0.05, 0) is 28.4 Å². The summed E-state index contributed by atoms with van der Waals surface area (Å²) in [7, 11) is 2.83. The molecule has 3 aromatic rings. The molecular weight excluding hydrogens is 436 g/mol. The van der Waals surface area contributed by atoms with Gasteiger partial charge in [-0.25, -0.2) is 10.1 Å². The third-order valence-electron chi connectivity index (χ3n) is 4.27. The summed E-state index contributed by atoms with van der Waals surface area (Å²) in [6.07, 6.45) is 1.36. The highest BCUT2D eigenvalue weighted by Crippen LogP contribution is 2.38. The van der Waals surface area contributed by atoms with Crippen LogP contribution in [0.4, 0.5) is 5.82 Å². The number of hydrogen-bond donors (Lipinski definition) is 2. The Hall–Kier alpha value is -4.49. The summed E-state index contributed by atoms with van der Waals surface area (Å²) in [6, 6.07) is 3.12. The van der Waals surface area contributed by atoms with Gasteiger partial charge < -0.3 is 19.9 Å². The normalized spacial score (nSPS) is 11.1. The van der Waals surface area contributed by atoms with E-state index in [0.717, 1.165) is 0 Å². The number of amides is 1. The van der Waals surface area contributed by atoms with Crippen molar-refractivity contribution in [3.05, 3.63) is 29.1 Å². The highest BCUT2D eigenvalue weighted by molar-refractivity contribution is 5.94. The standard InChI is InChI=1S/C19H22N8O6/c1-9(2)15-14(22-26-27(15)18-17(20)24-33-25-18)19(29)23-21-8-11-6-12(30-4)16(32-10(3)28)13(7-11)31-5/h6-9H,1-5H3,(H2,20,24)(H,23,29)/b21-8+. The smallest absolute Gasteiger partial charge is 0.308 e. The first kappa shape index (κ1) is 23.2. The molecule has 0 atom stereocenters. The van der Waals surface area contributed by atoms with Gasteiger partial charge in [0.25, 0.3) is 5.91 Å². The quantitative estimate of drug-likeness (QED) is 0.213. The van der Waals surface area contributed by atoms with E-state index >= 15 is 0 Å². The Balaban J connectivity index is 1.84. The molecule has 0 saturated heterocycles. The molecule has 0 fully saturated rings. The lowest BCUT2D eigenvalue weighted by Gasteiger charge is -2.13. The van der Waals surface area contributed by atoms with E-state index in [0.29, 0.717) is 11.3 Å². The number of rotatable bonds is 8.